The van der Waals surface area contributed by atoms with Crippen molar-refractivity contribution >= 4 is 11.8 Å². The summed E-state index contributed by atoms with van der Waals surface area (Å²) in [6, 6.07) is 6.60. The molecule has 4 atom stereocenters. The molecule has 0 aromatic heterocycles. The van der Waals surface area contributed by atoms with Gasteiger partial charge in [0.2, 0.25) is 0 Å². The molecule has 3 aliphatic heterocycles. The van der Waals surface area contributed by atoms with E-state index in [-0.39, 0.29) is 6.61 Å². The molecule has 4 rings (SSSR count). The van der Waals surface area contributed by atoms with Gasteiger partial charge >= 0.3 is 0 Å². The third-order valence-corrected chi connectivity index (χ3v) is 4.72. The number of aliphatic hydroxyl groups excluding tert-OH is 1. The molecule has 0 radical (unpaired) electrons. The third kappa shape index (κ3) is 2.93. The van der Waals surface area contributed by atoms with Gasteiger partial charge in [0, 0.05) is 0 Å². The van der Waals surface area contributed by atoms with Crippen LogP contribution in [0.3, 0.4) is 0 Å². The van der Waals surface area contributed by atoms with Gasteiger partial charge in [0.25, 0.3) is 11.8 Å². The lowest BCUT2D eigenvalue weighted by atomic mass is 10.1. The van der Waals surface area contributed by atoms with Crippen LogP contribution in [0.2, 0.25) is 0 Å². The third-order valence-electron chi connectivity index (χ3n) is 4.72. The molecule has 0 bridgehead atoms. The number of hydrogen-bond donors (Lipinski definition) is 1. The molecule has 0 unspecified atom stereocenters. The zero-order chi connectivity index (χ0) is 18.5. The Morgan fingerprint density at radius 2 is 1.81 bits per heavy atom. The van der Waals surface area contributed by atoms with Crippen LogP contribution in [0.5, 0.6) is 0 Å². The van der Waals surface area contributed by atoms with Gasteiger partial charge in [0.05, 0.1) is 23.8 Å². The number of nitrogens with zero attached hydrogens (tertiary/aromatic N) is 1. The minimum absolute atomic E-state index is 0.153. The Labute approximate surface area is 150 Å². The van der Waals surface area contributed by atoms with Crippen molar-refractivity contribution in [3.63, 3.8) is 0 Å². The highest BCUT2D eigenvalue weighted by Crippen LogP contribution is 2.38. The standard InChI is InChI=1S/C18H21NO7/c1-18(2)25-14-13(20)12(24-17(14)26-18)8-5-9-23-19-15(21)10-6-3-4-7-11(10)16(19)22/h3-4,6-7,12-14,17,20H,5,8-9H2,1-2H3/t12-,13+,14-,17-/m1/s1. The second-order valence-electron chi connectivity index (χ2n) is 7.06. The molecular formula is C18H21NO7. The molecule has 140 valence electrons. The largest absolute Gasteiger partial charge is 0.387 e. The van der Waals surface area contributed by atoms with Crippen molar-refractivity contribution in [1.82, 2.24) is 5.06 Å². The summed E-state index contributed by atoms with van der Waals surface area (Å²) in [5.74, 6) is -1.68. The second kappa shape index (κ2) is 6.40. The Kier molecular flexibility index (Phi) is 4.32. The van der Waals surface area contributed by atoms with Gasteiger partial charge in [-0.15, -0.1) is 5.06 Å². The van der Waals surface area contributed by atoms with E-state index in [1.165, 1.54) is 0 Å². The molecule has 3 heterocycles. The van der Waals surface area contributed by atoms with Gasteiger partial charge in [-0.3, -0.25) is 14.4 Å². The van der Waals surface area contributed by atoms with Crippen molar-refractivity contribution in [2.45, 2.75) is 57.1 Å². The fourth-order valence-corrected chi connectivity index (χ4v) is 3.52. The highest BCUT2D eigenvalue weighted by molar-refractivity contribution is 6.20. The number of carbonyl (C=O) groups is 2. The molecule has 0 spiro atoms. The van der Waals surface area contributed by atoms with E-state index < -0.39 is 42.2 Å². The predicted octanol–water partition coefficient (Wildman–Crippen LogP) is 1.23. The van der Waals surface area contributed by atoms with Gasteiger partial charge in [-0.2, -0.15) is 0 Å². The zero-order valence-corrected chi connectivity index (χ0v) is 14.6. The van der Waals surface area contributed by atoms with Gasteiger partial charge in [-0.05, 0) is 38.8 Å². The van der Waals surface area contributed by atoms with Gasteiger partial charge in [0.15, 0.2) is 12.1 Å². The SMILES string of the molecule is CC1(C)O[C@H]2O[C@H](CCCON3C(=O)c4ccccc4C3=O)[C@H](O)[C@H]2O1. The van der Waals surface area contributed by atoms with E-state index in [9.17, 15) is 14.7 Å². The van der Waals surface area contributed by atoms with Crippen molar-refractivity contribution in [3.05, 3.63) is 35.4 Å². The number of fused-ring (bicyclic) bond motifs is 2. The normalized spacial score (nSPS) is 32.2. The van der Waals surface area contributed by atoms with E-state index >= 15 is 0 Å². The van der Waals surface area contributed by atoms with Gasteiger partial charge < -0.3 is 19.3 Å². The van der Waals surface area contributed by atoms with Crippen LogP contribution in [-0.2, 0) is 19.0 Å². The van der Waals surface area contributed by atoms with Crippen LogP contribution < -0.4 is 0 Å². The summed E-state index contributed by atoms with van der Waals surface area (Å²) in [6.07, 6.45) is -1.33. The van der Waals surface area contributed by atoms with Crippen LogP contribution in [0.15, 0.2) is 24.3 Å². The van der Waals surface area contributed by atoms with Crippen molar-refractivity contribution in [1.29, 1.82) is 0 Å². The molecule has 2 fully saturated rings. The molecule has 8 nitrogen and oxygen atoms in total. The lowest BCUT2D eigenvalue weighted by Crippen LogP contribution is -2.35. The summed E-state index contributed by atoms with van der Waals surface area (Å²) in [5.41, 5.74) is 0.688. The average molecular weight is 363 g/mol. The summed E-state index contributed by atoms with van der Waals surface area (Å²) in [4.78, 5) is 29.7. The first kappa shape index (κ1) is 17.6. The summed E-state index contributed by atoms with van der Waals surface area (Å²) in [5, 5.41) is 11.1. The minimum Gasteiger partial charge on any atom is -0.387 e. The Hall–Kier alpha value is -1.84. The number of ether oxygens (including phenoxy) is 3. The smallest absolute Gasteiger partial charge is 0.285 e. The first-order valence-corrected chi connectivity index (χ1v) is 8.67. The monoisotopic (exact) mass is 363 g/mol. The molecule has 1 aromatic carbocycles. The number of amides is 2. The highest BCUT2D eigenvalue weighted by atomic mass is 16.8. The maximum absolute atomic E-state index is 12.2. The van der Waals surface area contributed by atoms with Crippen molar-refractivity contribution < 1.29 is 33.7 Å². The van der Waals surface area contributed by atoms with Crippen molar-refractivity contribution in [2.75, 3.05) is 6.61 Å². The number of imide groups is 1. The lowest BCUT2D eigenvalue weighted by Gasteiger charge is -2.23. The molecule has 3 aliphatic rings. The van der Waals surface area contributed by atoms with Crippen LogP contribution in [0.25, 0.3) is 0 Å². The molecule has 8 heteroatoms. The van der Waals surface area contributed by atoms with Crippen LogP contribution in [0, 0.1) is 0 Å². The molecule has 26 heavy (non-hydrogen) atoms. The summed E-state index contributed by atoms with van der Waals surface area (Å²) in [6.45, 7) is 3.69. The Morgan fingerprint density at radius 3 is 2.42 bits per heavy atom. The molecule has 1 N–H and O–H groups in total. The summed E-state index contributed by atoms with van der Waals surface area (Å²) in [7, 11) is 0. The number of hydroxylamine groups is 2. The number of carbonyl (C=O) groups excluding carboxylic acids is 2. The number of rotatable bonds is 5. The maximum Gasteiger partial charge on any atom is 0.285 e. The number of aliphatic hydroxyl groups is 1. The molecule has 0 aliphatic carbocycles. The first-order valence-electron chi connectivity index (χ1n) is 8.67. The molecular weight excluding hydrogens is 342 g/mol. The second-order valence-corrected chi connectivity index (χ2v) is 7.06. The fraction of sp³-hybridized carbons (Fsp3) is 0.556. The molecule has 2 amide bonds. The van der Waals surface area contributed by atoms with Crippen LogP contribution >= 0.6 is 0 Å². The van der Waals surface area contributed by atoms with Crippen LogP contribution in [-0.4, -0.2) is 59.0 Å². The first-order chi connectivity index (χ1) is 12.4. The van der Waals surface area contributed by atoms with Crippen LogP contribution in [0.1, 0.15) is 47.4 Å². The fourth-order valence-electron chi connectivity index (χ4n) is 3.52. The summed E-state index contributed by atoms with van der Waals surface area (Å²) >= 11 is 0. The van der Waals surface area contributed by atoms with Crippen molar-refractivity contribution in [3.8, 4) is 0 Å². The van der Waals surface area contributed by atoms with E-state index in [1.807, 2.05) is 0 Å². The zero-order valence-electron chi connectivity index (χ0n) is 14.6. The highest BCUT2D eigenvalue weighted by Gasteiger charge is 2.53. The quantitative estimate of drug-likeness (QED) is 0.621. The van der Waals surface area contributed by atoms with E-state index in [0.717, 1.165) is 5.06 Å². The Morgan fingerprint density at radius 1 is 1.15 bits per heavy atom. The van der Waals surface area contributed by atoms with Crippen molar-refractivity contribution in [2.24, 2.45) is 0 Å². The van der Waals surface area contributed by atoms with Crippen LogP contribution in [0.4, 0.5) is 0 Å². The van der Waals surface area contributed by atoms with E-state index in [0.29, 0.717) is 24.0 Å². The topological polar surface area (TPSA) is 94.5 Å². The van der Waals surface area contributed by atoms with E-state index in [1.54, 1.807) is 38.1 Å². The Bertz CT molecular complexity index is 699. The van der Waals surface area contributed by atoms with Gasteiger partial charge in [-0.25, -0.2) is 0 Å². The van der Waals surface area contributed by atoms with E-state index in [4.69, 9.17) is 19.0 Å². The van der Waals surface area contributed by atoms with Gasteiger partial charge in [0.1, 0.15) is 12.2 Å². The maximum atomic E-state index is 12.2. The minimum atomic E-state index is -0.791. The summed E-state index contributed by atoms with van der Waals surface area (Å²) < 4.78 is 16.9. The molecule has 0 saturated carbocycles. The number of hydrogen-bond acceptors (Lipinski definition) is 7. The number of benzene rings is 1. The lowest BCUT2D eigenvalue weighted by molar-refractivity contribution is -0.215. The average Bonchev–Trinajstić information content (AvgIpc) is 3.15. The molecule has 1 aromatic rings. The predicted molar refractivity (Wildman–Crippen MR) is 86.8 cm³/mol. The van der Waals surface area contributed by atoms with Gasteiger partial charge in [-0.1, -0.05) is 12.1 Å². The molecule has 2 saturated heterocycles. The van der Waals surface area contributed by atoms with E-state index in [2.05, 4.69) is 0 Å². The Balaban J connectivity index is 1.26.